The van der Waals surface area contributed by atoms with Crippen molar-refractivity contribution in [1.82, 2.24) is 5.32 Å². The van der Waals surface area contributed by atoms with E-state index in [0.717, 1.165) is 29.3 Å². The molecule has 0 saturated carbocycles. The third-order valence-electron chi connectivity index (χ3n) is 3.34. The number of benzene rings is 1. The molecule has 0 spiro atoms. The Balaban J connectivity index is 1.88. The van der Waals surface area contributed by atoms with Gasteiger partial charge < -0.3 is 9.64 Å². The number of nitrogens with one attached hydrogen (secondary N) is 1. The first-order valence-corrected chi connectivity index (χ1v) is 7.88. The SMILES string of the molecule is CCSC1=N/C(=C\c2ccc3c(c2)OCCN3C)C(=O)N1. The lowest BCUT2D eigenvalue weighted by atomic mass is 10.1. The fraction of sp³-hybridized carbons (Fsp3) is 0.333. The second-order valence-electron chi connectivity index (χ2n) is 4.83. The molecule has 0 bridgehead atoms. The first-order valence-electron chi connectivity index (χ1n) is 6.90. The zero-order valence-corrected chi connectivity index (χ0v) is 12.9. The van der Waals surface area contributed by atoms with Crippen LogP contribution < -0.4 is 15.0 Å². The van der Waals surface area contributed by atoms with E-state index in [1.165, 1.54) is 11.8 Å². The number of aliphatic imine (C=N–C) groups is 1. The molecule has 5 nitrogen and oxygen atoms in total. The highest BCUT2D eigenvalue weighted by Gasteiger charge is 2.20. The third kappa shape index (κ3) is 2.90. The van der Waals surface area contributed by atoms with E-state index in [4.69, 9.17) is 4.74 Å². The van der Waals surface area contributed by atoms with Gasteiger partial charge in [-0.25, -0.2) is 4.99 Å². The van der Waals surface area contributed by atoms with E-state index in [1.54, 1.807) is 6.08 Å². The van der Waals surface area contributed by atoms with Crippen LogP contribution in [0.4, 0.5) is 5.69 Å². The van der Waals surface area contributed by atoms with Gasteiger partial charge in [0.1, 0.15) is 18.1 Å². The van der Waals surface area contributed by atoms with Gasteiger partial charge in [0, 0.05) is 7.05 Å². The van der Waals surface area contributed by atoms with Gasteiger partial charge in [0.25, 0.3) is 5.91 Å². The number of hydrogen-bond acceptors (Lipinski definition) is 5. The summed E-state index contributed by atoms with van der Waals surface area (Å²) in [6.07, 6.45) is 1.79. The average Bonchev–Trinajstić information content (AvgIpc) is 2.79. The molecule has 1 aromatic rings. The highest BCUT2D eigenvalue weighted by atomic mass is 32.2. The number of hydrogen-bond donors (Lipinski definition) is 1. The molecule has 2 heterocycles. The summed E-state index contributed by atoms with van der Waals surface area (Å²) in [6.45, 7) is 3.59. The van der Waals surface area contributed by atoms with E-state index in [1.807, 2.05) is 32.2 Å². The minimum atomic E-state index is -0.151. The second-order valence-corrected chi connectivity index (χ2v) is 6.08. The van der Waals surface area contributed by atoms with E-state index in [0.29, 0.717) is 17.5 Å². The van der Waals surface area contributed by atoms with Crippen LogP contribution in [0.1, 0.15) is 12.5 Å². The molecule has 1 N–H and O–H groups in total. The van der Waals surface area contributed by atoms with Crippen molar-refractivity contribution in [1.29, 1.82) is 0 Å². The minimum absolute atomic E-state index is 0.151. The number of carbonyl (C=O) groups excluding carboxylic acids is 1. The molecular weight excluding hydrogens is 286 g/mol. The van der Waals surface area contributed by atoms with Gasteiger partial charge in [0.15, 0.2) is 5.17 Å². The Morgan fingerprint density at radius 2 is 2.38 bits per heavy atom. The van der Waals surface area contributed by atoms with E-state index < -0.39 is 0 Å². The van der Waals surface area contributed by atoms with Crippen LogP contribution in [-0.4, -0.2) is 37.0 Å². The lowest BCUT2D eigenvalue weighted by molar-refractivity contribution is -0.115. The molecule has 1 aromatic carbocycles. The largest absolute Gasteiger partial charge is 0.490 e. The molecule has 1 amide bonds. The fourth-order valence-electron chi connectivity index (χ4n) is 2.27. The van der Waals surface area contributed by atoms with E-state index >= 15 is 0 Å². The summed E-state index contributed by atoms with van der Waals surface area (Å²) in [6, 6.07) is 5.94. The smallest absolute Gasteiger partial charge is 0.275 e. The summed E-state index contributed by atoms with van der Waals surface area (Å²) < 4.78 is 5.67. The molecule has 0 aliphatic carbocycles. The quantitative estimate of drug-likeness (QED) is 0.850. The summed E-state index contributed by atoms with van der Waals surface area (Å²) in [5, 5.41) is 3.43. The van der Waals surface area contributed by atoms with E-state index in [-0.39, 0.29) is 5.91 Å². The summed E-state index contributed by atoms with van der Waals surface area (Å²) >= 11 is 1.53. The molecule has 0 fully saturated rings. The van der Waals surface area contributed by atoms with Gasteiger partial charge in [-0.15, -0.1) is 0 Å². The van der Waals surface area contributed by atoms with Gasteiger partial charge in [-0.2, -0.15) is 0 Å². The third-order valence-corrected chi connectivity index (χ3v) is 4.09. The number of amidine groups is 1. The van der Waals surface area contributed by atoms with Crippen LogP contribution in [0.2, 0.25) is 0 Å². The van der Waals surface area contributed by atoms with E-state index in [9.17, 15) is 4.79 Å². The molecule has 6 heteroatoms. The Hall–Kier alpha value is -1.95. The van der Waals surface area contributed by atoms with Crippen LogP contribution in [0.25, 0.3) is 6.08 Å². The van der Waals surface area contributed by atoms with Gasteiger partial charge in [0.2, 0.25) is 0 Å². The van der Waals surface area contributed by atoms with Gasteiger partial charge in [-0.1, -0.05) is 24.8 Å². The van der Waals surface area contributed by atoms with Crippen LogP contribution in [0, 0.1) is 0 Å². The van der Waals surface area contributed by atoms with Crippen molar-refractivity contribution < 1.29 is 9.53 Å². The highest BCUT2D eigenvalue weighted by molar-refractivity contribution is 8.13. The van der Waals surface area contributed by atoms with Crippen molar-refractivity contribution in [3.8, 4) is 5.75 Å². The molecule has 21 heavy (non-hydrogen) atoms. The predicted octanol–water partition coefficient (Wildman–Crippen LogP) is 2.09. The number of rotatable bonds is 2. The number of anilines is 1. The molecule has 0 radical (unpaired) electrons. The van der Waals surface area contributed by atoms with Gasteiger partial charge in [0.05, 0.1) is 12.2 Å². The van der Waals surface area contributed by atoms with Crippen molar-refractivity contribution in [2.45, 2.75) is 6.92 Å². The van der Waals surface area contributed by atoms with Gasteiger partial charge in [-0.05, 0) is 29.5 Å². The minimum Gasteiger partial charge on any atom is -0.490 e. The molecule has 0 aromatic heterocycles. The van der Waals surface area contributed by atoms with Crippen molar-refractivity contribution >= 4 is 34.6 Å². The first kappa shape index (κ1) is 14.0. The summed E-state index contributed by atoms with van der Waals surface area (Å²) in [7, 11) is 2.04. The monoisotopic (exact) mass is 303 g/mol. The van der Waals surface area contributed by atoms with Crippen LogP contribution >= 0.6 is 11.8 Å². The van der Waals surface area contributed by atoms with Crippen LogP contribution in [-0.2, 0) is 4.79 Å². The number of fused-ring (bicyclic) bond motifs is 1. The molecule has 3 rings (SSSR count). The molecule has 0 unspecified atom stereocenters. The zero-order chi connectivity index (χ0) is 14.8. The number of amides is 1. The second kappa shape index (κ2) is 5.81. The standard InChI is InChI=1S/C15H17N3O2S/c1-3-21-15-16-11(14(19)17-15)8-10-4-5-12-13(9-10)20-7-6-18(12)2/h4-5,8-9H,3,6-7H2,1-2H3,(H,16,17,19)/b11-8-. The lowest BCUT2D eigenvalue weighted by Crippen LogP contribution is -2.28. The molecule has 0 saturated heterocycles. The first-order chi connectivity index (χ1) is 10.2. The van der Waals surface area contributed by atoms with E-state index in [2.05, 4.69) is 15.2 Å². The zero-order valence-electron chi connectivity index (χ0n) is 12.0. The summed E-state index contributed by atoms with van der Waals surface area (Å²) in [5.41, 5.74) is 2.43. The topological polar surface area (TPSA) is 53.9 Å². The number of nitrogens with zero attached hydrogens (tertiary/aromatic N) is 2. The van der Waals surface area contributed by atoms with Gasteiger partial charge in [-0.3, -0.25) is 10.1 Å². The van der Waals surface area contributed by atoms with Crippen LogP contribution in [0.5, 0.6) is 5.75 Å². The number of carbonyl (C=O) groups is 1. The number of thioether (sulfide) groups is 1. The fourth-order valence-corrected chi connectivity index (χ4v) is 2.88. The molecular formula is C15H17N3O2S. The Bertz CT molecular complexity index is 640. The maximum Gasteiger partial charge on any atom is 0.275 e. The lowest BCUT2D eigenvalue weighted by Gasteiger charge is -2.27. The molecule has 110 valence electrons. The van der Waals surface area contributed by atoms with Crippen molar-refractivity contribution in [2.24, 2.45) is 4.99 Å². The Morgan fingerprint density at radius 3 is 3.19 bits per heavy atom. The molecule has 2 aliphatic rings. The van der Waals surface area contributed by atoms with Crippen LogP contribution in [0.3, 0.4) is 0 Å². The maximum absolute atomic E-state index is 11.9. The summed E-state index contributed by atoms with van der Waals surface area (Å²) in [4.78, 5) is 18.3. The normalized spacial score (nSPS) is 19.1. The van der Waals surface area contributed by atoms with Crippen molar-refractivity contribution in [2.75, 3.05) is 30.9 Å². The molecule has 2 aliphatic heterocycles. The Morgan fingerprint density at radius 1 is 1.52 bits per heavy atom. The number of likely N-dealkylation sites (N-methyl/N-ethyl adjacent to an activating group) is 1. The Labute approximate surface area is 128 Å². The van der Waals surface area contributed by atoms with Gasteiger partial charge >= 0.3 is 0 Å². The Kier molecular flexibility index (Phi) is 3.88. The van der Waals surface area contributed by atoms with Crippen LogP contribution in [0.15, 0.2) is 28.9 Å². The maximum atomic E-state index is 11.9. The predicted molar refractivity (Wildman–Crippen MR) is 86.9 cm³/mol. The van der Waals surface area contributed by atoms with Crippen molar-refractivity contribution in [3.05, 3.63) is 29.5 Å². The average molecular weight is 303 g/mol. The molecule has 0 atom stereocenters. The number of ether oxygens (including phenoxy) is 1. The summed E-state index contributed by atoms with van der Waals surface area (Å²) in [5.74, 6) is 1.58. The highest BCUT2D eigenvalue weighted by Crippen LogP contribution is 2.32. The van der Waals surface area contributed by atoms with Crippen molar-refractivity contribution in [3.63, 3.8) is 0 Å².